The standard InChI is InChI=1S/C22H25ClN6O3/c1-28-9-7-24-21(28)19(31)16-12-26-22(29-8-3-4-15(29)13-30)27-20(16)25-11-14-5-6-18(32-2)17(23)10-14/h5-7,9-10,12,15,30H,3-4,8,11,13H2,1-2H3,(H,25,26,27). The molecular weight excluding hydrogens is 432 g/mol. The van der Waals surface area contributed by atoms with E-state index in [9.17, 15) is 9.90 Å². The van der Waals surface area contributed by atoms with Crippen LogP contribution in [0.2, 0.25) is 5.02 Å². The van der Waals surface area contributed by atoms with E-state index in [0.29, 0.717) is 40.5 Å². The van der Waals surface area contributed by atoms with E-state index in [1.54, 1.807) is 43.3 Å². The van der Waals surface area contributed by atoms with Crippen LogP contribution in [0.5, 0.6) is 5.75 Å². The summed E-state index contributed by atoms with van der Waals surface area (Å²) in [6.45, 7) is 1.18. The zero-order valence-electron chi connectivity index (χ0n) is 18.0. The highest BCUT2D eigenvalue weighted by atomic mass is 35.5. The Balaban J connectivity index is 1.66. The summed E-state index contributed by atoms with van der Waals surface area (Å²) in [5.74, 6) is 1.49. The third kappa shape index (κ3) is 4.39. The summed E-state index contributed by atoms with van der Waals surface area (Å²) in [6, 6.07) is 5.46. The number of benzene rings is 1. The van der Waals surface area contributed by atoms with Crippen molar-refractivity contribution in [3.63, 3.8) is 0 Å². The molecule has 3 heterocycles. The summed E-state index contributed by atoms with van der Waals surface area (Å²) in [5, 5.41) is 13.4. The van der Waals surface area contributed by atoms with Crippen LogP contribution in [-0.2, 0) is 13.6 Å². The van der Waals surface area contributed by atoms with Gasteiger partial charge < -0.3 is 24.6 Å². The number of carbonyl (C=O) groups is 1. The number of rotatable bonds is 8. The zero-order valence-corrected chi connectivity index (χ0v) is 18.7. The van der Waals surface area contributed by atoms with E-state index in [-0.39, 0.29) is 18.4 Å². The average molecular weight is 457 g/mol. The van der Waals surface area contributed by atoms with Gasteiger partial charge in [-0.15, -0.1) is 0 Å². The number of aliphatic hydroxyl groups is 1. The lowest BCUT2D eigenvalue weighted by atomic mass is 10.1. The first-order chi connectivity index (χ1) is 15.5. The molecule has 1 aliphatic rings. The smallest absolute Gasteiger partial charge is 0.233 e. The van der Waals surface area contributed by atoms with Crippen molar-refractivity contribution in [1.82, 2.24) is 19.5 Å². The van der Waals surface area contributed by atoms with E-state index in [1.807, 2.05) is 11.0 Å². The maximum atomic E-state index is 13.2. The molecule has 1 fully saturated rings. The number of methoxy groups -OCH3 is 1. The molecule has 0 spiro atoms. The number of ketones is 1. The van der Waals surface area contributed by atoms with Crippen molar-refractivity contribution in [1.29, 1.82) is 0 Å². The number of nitrogens with one attached hydrogen (secondary N) is 1. The van der Waals surface area contributed by atoms with E-state index >= 15 is 0 Å². The molecule has 0 bridgehead atoms. The molecule has 168 valence electrons. The van der Waals surface area contributed by atoms with E-state index in [1.165, 1.54) is 6.20 Å². The molecule has 2 aromatic heterocycles. The largest absolute Gasteiger partial charge is 0.495 e. The van der Waals surface area contributed by atoms with Crippen LogP contribution in [0.25, 0.3) is 0 Å². The number of carbonyl (C=O) groups excluding carboxylic acids is 1. The summed E-state index contributed by atoms with van der Waals surface area (Å²) in [5.41, 5.74) is 1.23. The van der Waals surface area contributed by atoms with Gasteiger partial charge in [0, 0.05) is 38.7 Å². The summed E-state index contributed by atoms with van der Waals surface area (Å²) in [6.07, 6.45) is 6.64. The van der Waals surface area contributed by atoms with E-state index in [0.717, 1.165) is 24.9 Å². The molecule has 1 aromatic carbocycles. The van der Waals surface area contributed by atoms with Gasteiger partial charge in [-0.2, -0.15) is 4.98 Å². The molecule has 32 heavy (non-hydrogen) atoms. The minimum atomic E-state index is -0.278. The van der Waals surface area contributed by atoms with Crippen LogP contribution in [0.1, 0.15) is 34.6 Å². The first-order valence-corrected chi connectivity index (χ1v) is 10.7. The predicted octanol–water partition coefficient (Wildman–Crippen LogP) is 2.68. The van der Waals surface area contributed by atoms with Crippen molar-refractivity contribution >= 4 is 29.2 Å². The Morgan fingerprint density at radius 1 is 1.38 bits per heavy atom. The Morgan fingerprint density at radius 2 is 2.22 bits per heavy atom. The second-order valence-electron chi connectivity index (χ2n) is 7.62. The lowest BCUT2D eigenvalue weighted by Gasteiger charge is -2.24. The van der Waals surface area contributed by atoms with Gasteiger partial charge in [-0.3, -0.25) is 4.79 Å². The summed E-state index contributed by atoms with van der Waals surface area (Å²) in [7, 11) is 3.33. The second-order valence-corrected chi connectivity index (χ2v) is 8.02. The van der Waals surface area contributed by atoms with Crippen molar-refractivity contribution in [3.05, 3.63) is 58.8 Å². The molecule has 1 unspecified atom stereocenters. The monoisotopic (exact) mass is 456 g/mol. The van der Waals surface area contributed by atoms with Crippen LogP contribution >= 0.6 is 11.6 Å². The number of anilines is 2. The summed E-state index contributed by atoms with van der Waals surface area (Å²) in [4.78, 5) is 28.4. The third-order valence-electron chi connectivity index (χ3n) is 5.57. The van der Waals surface area contributed by atoms with Gasteiger partial charge in [0.25, 0.3) is 0 Å². The molecule has 1 saturated heterocycles. The van der Waals surface area contributed by atoms with Crippen LogP contribution in [0.4, 0.5) is 11.8 Å². The van der Waals surface area contributed by atoms with Crippen molar-refractivity contribution in [2.24, 2.45) is 7.05 Å². The number of aliphatic hydroxyl groups excluding tert-OH is 1. The second kappa shape index (κ2) is 9.54. The number of aryl methyl sites for hydroxylation is 1. The molecule has 10 heteroatoms. The van der Waals surface area contributed by atoms with Gasteiger partial charge in [0.1, 0.15) is 11.6 Å². The average Bonchev–Trinajstić information content (AvgIpc) is 3.46. The molecule has 4 rings (SSSR count). The molecule has 1 aliphatic heterocycles. The molecular formula is C22H25ClN6O3. The van der Waals surface area contributed by atoms with Crippen LogP contribution in [0.15, 0.2) is 36.8 Å². The minimum absolute atomic E-state index is 0.0284. The highest BCUT2D eigenvalue weighted by Crippen LogP contribution is 2.27. The molecule has 2 N–H and O–H groups in total. The lowest BCUT2D eigenvalue weighted by Crippen LogP contribution is -2.33. The molecule has 0 aliphatic carbocycles. The van der Waals surface area contributed by atoms with Gasteiger partial charge in [0.15, 0.2) is 5.82 Å². The first-order valence-electron chi connectivity index (χ1n) is 10.3. The van der Waals surface area contributed by atoms with Gasteiger partial charge >= 0.3 is 0 Å². The maximum absolute atomic E-state index is 13.2. The van der Waals surface area contributed by atoms with Crippen LogP contribution in [-0.4, -0.2) is 56.7 Å². The quantitative estimate of drug-likeness (QED) is 0.498. The van der Waals surface area contributed by atoms with Crippen molar-refractivity contribution in [3.8, 4) is 5.75 Å². The Hall–Kier alpha value is -3.17. The van der Waals surface area contributed by atoms with Crippen LogP contribution in [0, 0.1) is 0 Å². The SMILES string of the molecule is COc1ccc(CNc2nc(N3CCCC3CO)ncc2C(=O)c2nccn2C)cc1Cl. The highest BCUT2D eigenvalue weighted by molar-refractivity contribution is 6.32. The van der Waals surface area contributed by atoms with Gasteiger partial charge in [-0.25, -0.2) is 9.97 Å². The Labute approximate surface area is 191 Å². The molecule has 0 radical (unpaired) electrons. The fourth-order valence-corrected chi connectivity index (χ4v) is 4.09. The van der Waals surface area contributed by atoms with Crippen molar-refractivity contribution in [2.45, 2.75) is 25.4 Å². The fraction of sp³-hybridized carbons (Fsp3) is 0.364. The number of hydrogen-bond acceptors (Lipinski definition) is 8. The topological polar surface area (TPSA) is 105 Å². The van der Waals surface area contributed by atoms with Crippen molar-refractivity contribution < 1.29 is 14.6 Å². The predicted molar refractivity (Wildman–Crippen MR) is 121 cm³/mol. The van der Waals surface area contributed by atoms with Gasteiger partial charge in [-0.1, -0.05) is 17.7 Å². The van der Waals surface area contributed by atoms with Crippen LogP contribution in [0.3, 0.4) is 0 Å². The van der Waals surface area contributed by atoms with Crippen LogP contribution < -0.4 is 15.0 Å². The Kier molecular flexibility index (Phi) is 6.57. The number of aromatic nitrogens is 4. The van der Waals surface area contributed by atoms with E-state index < -0.39 is 0 Å². The lowest BCUT2D eigenvalue weighted by molar-refractivity contribution is 0.102. The maximum Gasteiger partial charge on any atom is 0.233 e. The van der Waals surface area contributed by atoms with E-state index in [4.69, 9.17) is 16.3 Å². The third-order valence-corrected chi connectivity index (χ3v) is 5.86. The Bertz CT molecular complexity index is 1120. The molecule has 9 nitrogen and oxygen atoms in total. The number of halogens is 1. The normalized spacial score (nSPS) is 15.8. The molecule has 1 atom stereocenters. The minimum Gasteiger partial charge on any atom is -0.495 e. The fourth-order valence-electron chi connectivity index (χ4n) is 3.81. The number of ether oxygens (including phenoxy) is 1. The highest BCUT2D eigenvalue weighted by Gasteiger charge is 2.28. The molecule has 0 amide bonds. The number of imidazole rings is 1. The van der Waals surface area contributed by atoms with E-state index in [2.05, 4.69) is 20.3 Å². The first kappa shape index (κ1) is 22.0. The number of nitrogens with zero attached hydrogens (tertiary/aromatic N) is 5. The van der Waals surface area contributed by atoms with Crippen molar-refractivity contribution in [2.75, 3.05) is 30.5 Å². The van der Waals surface area contributed by atoms with Gasteiger partial charge in [0.05, 0.1) is 30.3 Å². The van der Waals surface area contributed by atoms with Gasteiger partial charge in [-0.05, 0) is 30.5 Å². The molecule has 0 saturated carbocycles. The zero-order chi connectivity index (χ0) is 22.7. The van der Waals surface area contributed by atoms with Gasteiger partial charge in [0.2, 0.25) is 11.7 Å². The molecule has 3 aromatic rings. The summed E-state index contributed by atoms with van der Waals surface area (Å²) >= 11 is 6.25. The Morgan fingerprint density at radius 3 is 2.91 bits per heavy atom. The summed E-state index contributed by atoms with van der Waals surface area (Å²) < 4.78 is 6.86. The number of hydrogen-bond donors (Lipinski definition) is 2.